The maximum absolute atomic E-state index is 12.8. The van der Waals surface area contributed by atoms with E-state index in [0.717, 1.165) is 0 Å². The van der Waals surface area contributed by atoms with Gasteiger partial charge in [0.05, 0.1) is 0 Å². The molecule has 1 N–H and O–H groups in total. The Hall–Kier alpha value is -0.440. The van der Waals surface area contributed by atoms with Gasteiger partial charge in [-0.3, -0.25) is 0 Å². The molecule has 1 unspecified atom stereocenters. The van der Waals surface area contributed by atoms with Gasteiger partial charge >= 0.3 is 0 Å². The second-order valence-corrected chi connectivity index (χ2v) is 3.74. The molecule has 0 spiro atoms. The van der Waals surface area contributed by atoms with Crippen molar-refractivity contribution in [3.05, 3.63) is 12.7 Å². The molecule has 0 aromatic carbocycles. The zero-order valence-corrected chi connectivity index (χ0v) is 8.02. The first-order chi connectivity index (χ1) is 6.09. The van der Waals surface area contributed by atoms with Gasteiger partial charge in [0.2, 0.25) is 5.92 Å². The lowest BCUT2D eigenvalue weighted by Crippen LogP contribution is -2.36. The van der Waals surface area contributed by atoms with Gasteiger partial charge in [-0.15, -0.1) is 6.58 Å². The average molecular weight is 189 g/mol. The van der Waals surface area contributed by atoms with Gasteiger partial charge in [0.15, 0.2) is 0 Å². The third-order valence-electron chi connectivity index (χ3n) is 2.86. The van der Waals surface area contributed by atoms with Crippen molar-refractivity contribution in [1.29, 1.82) is 0 Å². The van der Waals surface area contributed by atoms with E-state index < -0.39 is 5.92 Å². The van der Waals surface area contributed by atoms with Gasteiger partial charge in [-0.1, -0.05) is 6.08 Å². The molecule has 0 radical (unpaired) electrons. The molecule has 0 saturated heterocycles. The van der Waals surface area contributed by atoms with E-state index in [4.69, 9.17) is 0 Å². The Morgan fingerprint density at radius 1 is 1.46 bits per heavy atom. The fourth-order valence-electron chi connectivity index (χ4n) is 1.97. The molecule has 0 amide bonds. The van der Waals surface area contributed by atoms with Gasteiger partial charge in [-0.2, -0.15) is 0 Å². The minimum Gasteiger partial charge on any atom is -0.313 e. The number of halogens is 2. The summed E-state index contributed by atoms with van der Waals surface area (Å²) in [5.74, 6) is -2.09. The number of rotatable bonds is 3. The summed E-state index contributed by atoms with van der Waals surface area (Å²) in [6, 6.07) is 0.191. The molecule has 1 aliphatic carbocycles. The van der Waals surface area contributed by atoms with E-state index in [-0.39, 0.29) is 18.9 Å². The highest BCUT2D eigenvalue weighted by molar-refractivity contribution is 4.93. The fourth-order valence-corrected chi connectivity index (χ4v) is 1.97. The van der Waals surface area contributed by atoms with Crippen molar-refractivity contribution in [3.8, 4) is 0 Å². The molecular weight excluding hydrogens is 172 g/mol. The van der Waals surface area contributed by atoms with Crippen LogP contribution < -0.4 is 5.32 Å². The highest BCUT2D eigenvalue weighted by Crippen LogP contribution is 2.37. The molecule has 1 nitrogen and oxygen atoms in total. The molecule has 0 bridgehead atoms. The van der Waals surface area contributed by atoms with E-state index in [1.54, 1.807) is 0 Å². The molecule has 1 rings (SSSR count). The van der Waals surface area contributed by atoms with E-state index in [1.807, 2.05) is 13.1 Å². The minimum atomic E-state index is -2.42. The highest BCUT2D eigenvalue weighted by Gasteiger charge is 2.36. The lowest BCUT2D eigenvalue weighted by Gasteiger charge is -2.32. The number of alkyl halides is 2. The molecule has 1 atom stereocenters. The predicted molar refractivity (Wildman–Crippen MR) is 49.9 cm³/mol. The number of likely N-dealkylation sites (N-methyl/N-ethyl adjacent to an activating group) is 1. The van der Waals surface area contributed by atoms with Gasteiger partial charge in [-0.05, 0) is 25.8 Å². The third-order valence-corrected chi connectivity index (χ3v) is 2.86. The van der Waals surface area contributed by atoms with Gasteiger partial charge in [0.25, 0.3) is 0 Å². The number of nitrogens with one attached hydrogen (secondary N) is 1. The summed E-state index contributed by atoms with van der Waals surface area (Å²) in [5, 5.41) is 3.09. The molecule has 76 valence electrons. The SMILES string of the molecule is C=CC(NC)C1CCC(F)(F)CC1. The van der Waals surface area contributed by atoms with Gasteiger partial charge in [0.1, 0.15) is 0 Å². The van der Waals surface area contributed by atoms with Crippen molar-refractivity contribution < 1.29 is 8.78 Å². The Morgan fingerprint density at radius 2 is 2.00 bits per heavy atom. The molecule has 0 aliphatic heterocycles. The van der Waals surface area contributed by atoms with E-state index >= 15 is 0 Å². The molecule has 1 aliphatic rings. The molecule has 0 aromatic heterocycles. The Morgan fingerprint density at radius 3 is 2.38 bits per heavy atom. The standard InChI is InChI=1S/C10H17F2N/c1-3-9(13-2)8-4-6-10(11,12)7-5-8/h3,8-9,13H,1,4-7H2,2H3. The van der Waals surface area contributed by atoms with Crippen LogP contribution in [0.5, 0.6) is 0 Å². The van der Waals surface area contributed by atoms with E-state index in [2.05, 4.69) is 11.9 Å². The van der Waals surface area contributed by atoms with E-state index in [1.165, 1.54) is 0 Å². The number of hydrogen-bond acceptors (Lipinski definition) is 1. The number of hydrogen-bond donors (Lipinski definition) is 1. The summed E-state index contributed by atoms with van der Waals surface area (Å²) < 4.78 is 25.6. The lowest BCUT2D eigenvalue weighted by atomic mass is 9.82. The predicted octanol–water partition coefficient (Wildman–Crippen LogP) is 2.59. The van der Waals surface area contributed by atoms with Crippen molar-refractivity contribution >= 4 is 0 Å². The topological polar surface area (TPSA) is 12.0 Å². The molecule has 3 heteroatoms. The Balaban J connectivity index is 2.44. The average Bonchev–Trinajstić information content (AvgIpc) is 2.09. The van der Waals surface area contributed by atoms with Crippen molar-refractivity contribution in [2.24, 2.45) is 5.92 Å². The largest absolute Gasteiger partial charge is 0.313 e. The van der Waals surface area contributed by atoms with Gasteiger partial charge in [0, 0.05) is 18.9 Å². The quantitative estimate of drug-likeness (QED) is 0.673. The second kappa shape index (κ2) is 4.18. The first-order valence-corrected chi connectivity index (χ1v) is 4.77. The molecular formula is C10H17F2N. The molecule has 1 fully saturated rings. The zero-order chi connectivity index (χ0) is 9.90. The minimum absolute atomic E-state index is 0.0314. The van der Waals surface area contributed by atoms with Crippen LogP contribution in [0.25, 0.3) is 0 Å². The van der Waals surface area contributed by atoms with Crippen LogP contribution >= 0.6 is 0 Å². The zero-order valence-electron chi connectivity index (χ0n) is 8.02. The summed E-state index contributed by atoms with van der Waals surface area (Å²) in [6.07, 6.45) is 3.08. The van der Waals surface area contributed by atoms with Gasteiger partial charge < -0.3 is 5.32 Å². The lowest BCUT2D eigenvalue weighted by molar-refractivity contribution is -0.0476. The normalized spacial score (nSPS) is 25.5. The Labute approximate surface area is 78.2 Å². The van der Waals surface area contributed by atoms with Crippen LogP contribution in [-0.2, 0) is 0 Å². The highest BCUT2D eigenvalue weighted by atomic mass is 19.3. The van der Waals surface area contributed by atoms with Crippen LogP contribution in [0, 0.1) is 5.92 Å². The molecule has 0 heterocycles. The van der Waals surface area contributed by atoms with Crippen molar-refractivity contribution in [2.45, 2.75) is 37.6 Å². The molecule has 1 saturated carbocycles. The van der Waals surface area contributed by atoms with Crippen LogP contribution in [0.1, 0.15) is 25.7 Å². The summed E-state index contributed by atoms with van der Waals surface area (Å²) in [6.45, 7) is 3.69. The van der Waals surface area contributed by atoms with Crippen molar-refractivity contribution in [1.82, 2.24) is 5.32 Å². The Bertz CT molecular complexity index is 170. The smallest absolute Gasteiger partial charge is 0.248 e. The summed E-state index contributed by atoms with van der Waals surface area (Å²) in [4.78, 5) is 0. The molecule has 13 heavy (non-hydrogen) atoms. The van der Waals surface area contributed by atoms with Gasteiger partial charge in [-0.25, -0.2) is 8.78 Å². The fraction of sp³-hybridized carbons (Fsp3) is 0.800. The summed E-state index contributed by atoms with van der Waals surface area (Å²) >= 11 is 0. The van der Waals surface area contributed by atoms with Crippen LogP contribution in [-0.4, -0.2) is 19.0 Å². The van der Waals surface area contributed by atoms with Crippen molar-refractivity contribution in [2.75, 3.05) is 7.05 Å². The van der Waals surface area contributed by atoms with Crippen LogP contribution in [0.15, 0.2) is 12.7 Å². The maximum Gasteiger partial charge on any atom is 0.248 e. The first kappa shape index (κ1) is 10.6. The van der Waals surface area contributed by atoms with Crippen LogP contribution in [0.4, 0.5) is 8.78 Å². The van der Waals surface area contributed by atoms with E-state index in [0.29, 0.717) is 18.8 Å². The summed E-state index contributed by atoms with van der Waals surface area (Å²) in [7, 11) is 1.85. The first-order valence-electron chi connectivity index (χ1n) is 4.77. The van der Waals surface area contributed by atoms with Crippen molar-refractivity contribution in [3.63, 3.8) is 0 Å². The summed E-state index contributed by atoms with van der Waals surface area (Å²) in [5.41, 5.74) is 0. The van der Waals surface area contributed by atoms with Crippen LogP contribution in [0.3, 0.4) is 0 Å². The third kappa shape index (κ3) is 2.76. The molecule has 0 aromatic rings. The monoisotopic (exact) mass is 189 g/mol. The second-order valence-electron chi connectivity index (χ2n) is 3.74. The van der Waals surface area contributed by atoms with Crippen LogP contribution in [0.2, 0.25) is 0 Å². The van der Waals surface area contributed by atoms with E-state index in [9.17, 15) is 8.78 Å². The Kier molecular flexibility index (Phi) is 3.42. The maximum atomic E-state index is 12.8.